The summed E-state index contributed by atoms with van der Waals surface area (Å²) in [6.45, 7) is 4.37. The van der Waals surface area contributed by atoms with Crippen LogP contribution in [-0.4, -0.2) is 40.4 Å². The fourth-order valence-corrected chi connectivity index (χ4v) is 3.24. The van der Waals surface area contributed by atoms with E-state index in [0.29, 0.717) is 23.6 Å². The van der Waals surface area contributed by atoms with Gasteiger partial charge >= 0.3 is 0 Å². The van der Waals surface area contributed by atoms with E-state index >= 15 is 0 Å². The number of nitrogens with zero attached hydrogens (tertiary/aromatic N) is 1. The summed E-state index contributed by atoms with van der Waals surface area (Å²) in [7, 11) is 0. The molecule has 10 heteroatoms. The summed E-state index contributed by atoms with van der Waals surface area (Å²) in [5, 5.41) is 2.43. The van der Waals surface area contributed by atoms with Gasteiger partial charge in [0, 0.05) is 18.5 Å². The first-order chi connectivity index (χ1) is 14.8. The second-order valence-electron chi connectivity index (χ2n) is 7.35. The van der Waals surface area contributed by atoms with Crippen molar-refractivity contribution in [2.45, 2.75) is 32.9 Å². The van der Waals surface area contributed by atoms with E-state index in [1.807, 2.05) is 13.8 Å². The molecule has 1 saturated heterocycles. The molecule has 164 valence electrons. The summed E-state index contributed by atoms with van der Waals surface area (Å²) in [5.41, 5.74) is 5.31. The molecular weight excluding hydrogens is 420 g/mol. The minimum atomic E-state index is -0.529. The van der Waals surface area contributed by atoms with E-state index in [0.717, 1.165) is 0 Å². The number of hydrogen-bond donors (Lipinski definition) is 3. The van der Waals surface area contributed by atoms with Gasteiger partial charge in [-0.15, -0.1) is 0 Å². The van der Waals surface area contributed by atoms with Crippen molar-refractivity contribution in [3.8, 4) is 5.75 Å². The summed E-state index contributed by atoms with van der Waals surface area (Å²) < 4.78 is 10.8. The van der Waals surface area contributed by atoms with Gasteiger partial charge in [0.1, 0.15) is 11.5 Å². The fraction of sp³-hybridized carbons (Fsp3) is 0.333. The van der Waals surface area contributed by atoms with Crippen LogP contribution in [0.15, 0.2) is 47.1 Å². The van der Waals surface area contributed by atoms with E-state index in [4.69, 9.17) is 21.4 Å². The van der Waals surface area contributed by atoms with Gasteiger partial charge in [-0.3, -0.25) is 30.6 Å². The van der Waals surface area contributed by atoms with Crippen LogP contribution in [0.1, 0.15) is 36.4 Å². The second kappa shape index (κ2) is 10.1. The number of carbonyl (C=O) groups excluding carboxylic acids is 3. The summed E-state index contributed by atoms with van der Waals surface area (Å²) in [6.07, 6.45) is 1.61. The predicted molar refractivity (Wildman–Crippen MR) is 116 cm³/mol. The molecule has 1 aliphatic heterocycles. The minimum Gasteiger partial charge on any atom is -0.491 e. The van der Waals surface area contributed by atoms with Gasteiger partial charge in [-0.05, 0) is 56.4 Å². The second-order valence-corrected chi connectivity index (χ2v) is 7.75. The maximum Gasteiger partial charge on any atom is 0.257 e. The number of ether oxygens (including phenoxy) is 1. The summed E-state index contributed by atoms with van der Waals surface area (Å²) in [5.74, 6) is -0.269. The van der Waals surface area contributed by atoms with Gasteiger partial charge in [-0.2, -0.15) is 0 Å². The Labute approximate surface area is 185 Å². The van der Waals surface area contributed by atoms with Crippen LogP contribution >= 0.6 is 12.2 Å². The topological polar surface area (TPSA) is 113 Å². The number of hydrogen-bond acceptors (Lipinski definition) is 6. The van der Waals surface area contributed by atoms with Gasteiger partial charge in [0.2, 0.25) is 11.8 Å². The molecule has 3 rings (SSSR count). The first-order valence-electron chi connectivity index (χ1n) is 9.80. The molecule has 1 aliphatic rings. The van der Waals surface area contributed by atoms with Crippen LogP contribution in [0, 0.1) is 5.92 Å². The van der Waals surface area contributed by atoms with Crippen molar-refractivity contribution < 1.29 is 23.5 Å². The molecule has 3 amide bonds. The first kappa shape index (κ1) is 22.3. The Kier molecular flexibility index (Phi) is 7.24. The molecule has 2 aromatic rings. The number of likely N-dealkylation sites (tertiary alicyclic amines) is 1. The molecule has 0 bridgehead atoms. The first-order valence-corrected chi connectivity index (χ1v) is 10.2. The molecule has 1 aromatic carbocycles. The average molecular weight is 445 g/mol. The third-order valence-corrected chi connectivity index (χ3v) is 4.71. The SMILES string of the molecule is CC(C)Oc1cccc(C(=O)NC(=S)NNC(=O)C2CC(=O)N(Cc3ccco3)C2)c1. The predicted octanol–water partition coefficient (Wildman–Crippen LogP) is 1.75. The smallest absolute Gasteiger partial charge is 0.257 e. The van der Waals surface area contributed by atoms with Crippen LogP contribution in [0.25, 0.3) is 0 Å². The van der Waals surface area contributed by atoms with Crippen molar-refractivity contribution in [1.29, 1.82) is 0 Å². The standard InChI is InChI=1S/C21H24N4O5S/c1-13(2)30-16-6-3-5-14(9-16)19(27)22-21(31)24-23-20(28)15-10-18(26)25(11-15)12-17-7-4-8-29-17/h3-9,13,15H,10-12H2,1-2H3,(H,23,28)(H2,22,24,27,31). The highest BCUT2D eigenvalue weighted by molar-refractivity contribution is 7.80. The molecule has 2 heterocycles. The fourth-order valence-electron chi connectivity index (χ4n) is 3.10. The molecule has 0 saturated carbocycles. The van der Waals surface area contributed by atoms with Crippen molar-refractivity contribution in [3.63, 3.8) is 0 Å². The monoisotopic (exact) mass is 444 g/mol. The lowest BCUT2D eigenvalue weighted by Gasteiger charge is -2.16. The molecule has 0 radical (unpaired) electrons. The Hall–Kier alpha value is -3.40. The van der Waals surface area contributed by atoms with Crippen LogP contribution in [0.3, 0.4) is 0 Å². The number of furan rings is 1. The zero-order valence-electron chi connectivity index (χ0n) is 17.2. The summed E-state index contributed by atoms with van der Waals surface area (Å²) in [4.78, 5) is 38.5. The lowest BCUT2D eigenvalue weighted by atomic mass is 10.1. The summed E-state index contributed by atoms with van der Waals surface area (Å²) >= 11 is 5.07. The molecule has 1 atom stereocenters. The quantitative estimate of drug-likeness (QED) is 0.460. The van der Waals surface area contributed by atoms with Crippen LogP contribution in [0.2, 0.25) is 0 Å². The van der Waals surface area contributed by atoms with Gasteiger partial charge in [-0.1, -0.05) is 6.07 Å². The molecule has 0 spiro atoms. The van der Waals surface area contributed by atoms with Crippen molar-refractivity contribution in [2.24, 2.45) is 5.92 Å². The molecule has 9 nitrogen and oxygen atoms in total. The average Bonchev–Trinajstić information content (AvgIpc) is 3.36. The molecule has 3 N–H and O–H groups in total. The highest BCUT2D eigenvalue weighted by atomic mass is 32.1. The Morgan fingerprint density at radius 2 is 2.06 bits per heavy atom. The number of nitrogens with one attached hydrogen (secondary N) is 3. The van der Waals surface area contributed by atoms with Gasteiger partial charge < -0.3 is 14.1 Å². The van der Waals surface area contributed by atoms with Crippen LogP contribution in [-0.2, 0) is 16.1 Å². The lowest BCUT2D eigenvalue weighted by molar-refractivity contribution is -0.129. The Morgan fingerprint density at radius 1 is 1.26 bits per heavy atom. The van der Waals surface area contributed by atoms with E-state index in [9.17, 15) is 14.4 Å². The van der Waals surface area contributed by atoms with Crippen molar-refractivity contribution in [3.05, 3.63) is 54.0 Å². The number of rotatable bonds is 6. The maximum atomic E-state index is 12.4. The number of carbonyl (C=O) groups is 3. The zero-order chi connectivity index (χ0) is 22.4. The number of thiocarbonyl (C=S) groups is 1. The van der Waals surface area contributed by atoms with E-state index in [1.54, 1.807) is 41.3 Å². The minimum absolute atomic E-state index is 0.0197. The molecule has 1 fully saturated rings. The van der Waals surface area contributed by atoms with Gasteiger partial charge in [-0.25, -0.2) is 0 Å². The third kappa shape index (κ3) is 6.29. The number of hydrazine groups is 1. The summed E-state index contributed by atoms with van der Waals surface area (Å²) in [6, 6.07) is 10.2. The van der Waals surface area contributed by atoms with E-state index in [1.165, 1.54) is 6.26 Å². The molecule has 0 aliphatic carbocycles. The number of amides is 3. The highest BCUT2D eigenvalue weighted by Gasteiger charge is 2.34. The molecule has 31 heavy (non-hydrogen) atoms. The molecule has 1 unspecified atom stereocenters. The molecular formula is C21H24N4O5S. The van der Waals surface area contributed by atoms with Crippen molar-refractivity contribution in [2.75, 3.05) is 6.54 Å². The largest absolute Gasteiger partial charge is 0.491 e. The highest BCUT2D eigenvalue weighted by Crippen LogP contribution is 2.20. The van der Waals surface area contributed by atoms with E-state index in [2.05, 4.69) is 16.2 Å². The Bertz CT molecular complexity index is 960. The molecule has 1 aromatic heterocycles. The maximum absolute atomic E-state index is 12.4. The van der Waals surface area contributed by atoms with Gasteiger partial charge in [0.05, 0.1) is 24.8 Å². The van der Waals surface area contributed by atoms with Gasteiger partial charge in [0.25, 0.3) is 5.91 Å². The van der Waals surface area contributed by atoms with E-state index in [-0.39, 0.29) is 36.0 Å². The third-order valence-electron chi connectivity index (χ3n) is 4.51. The number of benzene rings is 1. The Morgan fingerprint density at radius 3 is 2.77 bits per heavy atom. The van der Waals surface area contributed by atoms with Crippen LogP contribution in [0.5, 0.6) is 5.75 Å². The van der Waals surface area contributed by atoms with Crippen LogP contribution in [0.4, 0.5) is 0 Å². The van der Waals surface area contributed by atoms with Crippen molar-refractivity contribution >= 4 is 35.1 Å². The van der Waals surface area contributed by atoms with Crippen LogP contribution < -0.4 is 20.9 Å². The zero-order valence-corrected chi connectivity index (χ0v) is 18.0. The van der Waals surface area contributed by atoms with E-state index < -0.39 is 11.8 Å². The van der Waals surface area contributed by atoms with Gasteiger partial charge in [0.15, 0.2) is 5.11 Å². The Balaban J connectivity index is 1.45. The lowest BCUT2D eigenvalue weighted by Crippen LogP contribution is -2.50. The normalized spacial score (nSPS) is 15.6. The van der Waals surface area contributed by atoms with Crippen molar-refractivity contribution in [1.82, 2.24) is 21.1 Å².